The molecule has 1 aliphatic carbocycles. The topological polar surface area (TPSA) is 92.7 Å². The number of aromatic hydroxyl groups is 1. The van der Waals surface area contributed by atoms with Gasteiger partial charge in [0.25, 0.3) is 0 Å². The first-order valence-electron chi connectivity index (χ1n) is 13.5. The number of aryl methyl sites for hydroxylation is 2. The monoisotopic (exact) mass is 537 g/mol. The maximum Gasteiger partial charge on any atom is 0.327 e. The van der Waals surface area contributed by atoms with E-state index in [1.54, 1.807) is 12.1 Å². The summed E-state index contributed by atoms with van der Waals surface area (Å²) < 4.78 is 6.30. The number of amides is 1. The summed E-state index contributed by atoms with van der Waals surface area (Å²) in [6.07, 6.45) is 5.60. The van der Waals surface area contributed by atoms with Crippen molar-refractivity contribution in [2.45, 2.75) is 101 Å². The molecule has 1 aliphatic heterocycles. The standard InChI is InChI=1S/C31H39NO5S/c1-19-16-27(24(30(3,4)5)17-25(19)32-20(2)33)38-28-26(35)18-31(37-29(28)36,22-8-6-7-9-22)15-14-21-10-12-23(34)13-11-21/h10-13,16-17,22,28,34H,6-9,14-15,18H2,1-5H3,(H,32,33). The molecule has 0 aromatic heterocycles. The number of hydrogen-bond donors (Lipinski definition) is 2. The molecule has 2 aromatic rings. The highest BCUT2D eigenvalue weighted by Gasteiger charge is 2.52. The predicted molar refractivity (Wildman–Crippen MR) is 151 cm³/mol. The van der Waals surface area contributed by atoms with Crippen LogP contribution < -0.4 is 5.32 Å². The van der Waals surface area contributed by atoms with Crippen LogP contribution in [0.5, 0.6) is 5.75 Å². The van der Waals surface area contributed by atoms with Gasteiger partial charge in [0.15, 0.2) is 11.0 Å². The van der Waals surface area contributed by atoms with Crippen LogP contribution in [-0.4, -0.2) is 33.6 Å². The van der Waals surface area contributed by atoms with E-state index in [0.29, 0.717) is 12.8 Å². The number of benzene rings is 2. The molecule has 2 fully saturated rings. The largest absolute Gasteiger partial charge is 0.508 e. The van der Waals surface area contributed by atoms with E-state index in [1.165, 1.54) is 18.7 Å². The van der Waals surface area contributed by atoms with Gasteiger partial charge in [-0.25, -0.2) is 0 Å². The fourth-order valence-corrected chi connectivity index (χ4v) is 7.13. The first-order chi connectivity index (χ1) is 17.9. The molecule has 0 spiro atoms. The van der Waals surface area contributed by atoms with Gasteiger partial charge in [-0.3, -0.25) is 14.4 Å². The van der Waals surface area contributed by atoms with Gasteiger partial charge >= 0.3 is 5.97 Å². The Morgan fingerprint density at radius 1 is 1.13 bits per heavy atom. The van der Waals surface area contributed by atoms with Crippen LogP contribution in [0, 0.1) is 12.8 Å². The number of nitrogens with one attached hydrogen (secondary N) is 1. The number of carbonyl (C=O) groups excluding carboxylic acids is 3. The molecular weight excluding hydrogens is 498 g/mol. The lowest BCUT2D eigenvalue weighted by Crippen LogP contribution is -2.53. The molecule has 0 bridgehead atoms. The van der Waals surface area contributed by atoms with Gasteiger partial charge in [-0.15, -0.1) is 11.8 Å². The number of rotatable bonds is 7. The number of phenols is 1. The summed E-state index contributed by atoms with van der Waals surface area (Å²) in [6.45, 7) is 9.63. The Morgan fingerprint density at radius 3 is 2.37 bits per heavy atom. The maximum absolute atomic E-state index is 13.7. The van der Waals surface area contributed by atoms with Gasteiger partial charge in [-0.2, -0.15) is 0 Å². The van der Waals surface area contributed by atoms with Gasteiger partial charge in [0, 0.05) is 23.9 Å². The van der Waals surface area contributed by atoms with Gasteiger partial charge < -0.3 is 15.2 Å². The van der Waals surface area contributed by atoms with Gasteiger partial charge in [-0.05, 0) is 84.9 Å². The normalized spacial score (nSPS) is 22.4. The molecule has 2 N–H and O–H groups in total. The van der Waals surface area contributed by atoms with Gasteiger partial charge in [0.1, 0.15) is 11.4 Å². The summed E-state index contributed by atoms with van der Waals surface area (Å²) in [7, 11) is 0. The summed E-state index contributed by atoms with van der Waals surface area (Å²) in [4.78, 5) is 39.8. The molecule has 6 nitrogen and oxygen atoms in total. The Labute approximate surface area is 229 Å². The average Bonchev–Trinajstić information content (AvgIpc) is 3.37. The number of anilines is 1. The van der Waals surface area contributed by atoms with Crippen LogP contribution >= 0.6 is 11.8 Å². The Kier molecular flexibility index (Phi) is 8.26. The van der Waals surface area contributed by atoms with Crippen molar-refractivity contribution >= 4 is 35.1 Å². The van der Waals surface area contributed by atoms with E-state index in [-0.39, 0.29) is 35.2 Å². The van der Waals surface area contributed by atoms with E-state index >= 15 is 0 Å². The Bertz CT molecular complexity index is 1190. The Morgan fingerprint density at radius 2 is 1.79 bits per heavy atom. The fraction of sp³-hybridized carbons (Fsp3) is 0.516. The molecule has 1 saturated carbocycles. The van der Waals surface area contributed by atoms with Crippen LogP contribution in [0.1, 0.15) is 82.9 Å². The van der Waals surface area contributed by atoms with Gasteiger partial charge in [-0.1, -0.05) is 45.7 Å². The molecule has 204 valence electrons. The van der Waals surface area contributed by atoms with Crippen molar-refractivity contribution in [2.75, 3.05) is 5.32 Å². The second kappa shape index (κ2) is 11.1. The molecular formula is C31H39NO5S. The molecule has 2 unspecified atom stereocenters. The Hall–Kier alpha value is -2.80. The molecule has 1 amide bonds. The number of esters is 1. The quantitative estimate of drug-likeness (QED) is 0.310. The molecule has 2 aliphatic rings. The van der Waals surface area contributed by atoms with E-state index in [4.69, 9.17) is 4.74 Å². The number of ketones is 1. The molecule has 4 rings (SSSR count). The average molecular weight is 538 g/mol. The summed E-state index contributed by atoms with van der Waals surface area (Å²) in [5, 5.41) is 11.6. The van der Waals surface area contributed by atoms with Crippen molar-refractivity contribution in [1.82, 2.24) is 0 Å². The number of ether oxygens (including phenoxy) is 1. The van der Waals surface area contributed by atoms with Crippen molar-refractivity contribution in [3.63, 3.8) is 0 Å². The summed E-state index contributed by atoms with van der Waals surface area (Å²) >= 11 is 1.27. The second-order valence-electron chi connectivity index (χ2n) is 11.9. The van der Waals surface area contributed by atoms with Crippen LogP contribution in [0.15, 0.2) is 41.3 Å². The van der Waals surface area contributed by atoms with Gasteiger partial charge in [0.2, 0.25) is 5.91 Å². The van der Waals surface area contributed by atoms with Crippen LogP contribution in [0.25, 0.3) is 0 Å². The summed E-state index contributed by atoms with van der Waals surface area (Å²) in [5.41, 5.74) is 2.59. The molecule has 1 heterocycles. The molecule has 38 heavy (non-hydrogen) atoms. The van der Waals surface area contributed by atoms with E-state index in [1.807, 2.05) is 31.2 Å². The third kappa shape index (κ3) is 6.25. The highest BCUT2D eigenvalue weighted by molar-refractivity contribution is 8.01. The van der Waals surface area contributed by atoms with E-state index in [0.717, 1.165) is 53.0 Å². The first-order valence-corrected chi connectivity index (χ1v) is 14.4. The SMILES string of the molecule is CC(=O)Nc1cc(C(C)(C)C)c(SC2C(=O)CC(CCc3ccc(O)cc3)(C3CCCC3)OC2=O)cc1C. The van der Waals surface area contributed by atoms with Crippen LogP contribution in [0.3, 0.4) is 0 Å². The number of Topliss-reactive ketones (excluding diaryl/α,β-unsaturated/α-hetero) is 1. The van der Waals surface area contributed by atoms with Crippen molar-refractivity contribution in [2.24, 2.45) is 5.92 Å². The fourth-order valence-electron chi connectivity index (χ4n) is 5.78. The van der Waals surface area contributed by atoms with E-state index < -0.39 is 16.8 Å². The van der Waals surface area contributed by atoms with E-state index in [9.17, 15) is 19.5 Å². The molecule has 1 saturated heterocycles. The number of cyclic esters (lactones) is 1. The zero-order chi connectivity index (χ0) is 27.7. The van der Waals surface area contributed by atoms with Crippen molar-refractivity contribution < 1.29 is 24.2 Å². The van der Waals surface area contributed by atoms with Crippen LogP contribution in [0.4, 0.5) is 5.69 Å². The smallest absolute Gasteiger partial charge is 0.327 e. The maximum atomic E-state index is 13.7. The highest BCUT2D eigenvalue weighted by atomic mass is 32.2. The van der Waals surface area contributed by atoms with Crippen LogP contribution in [0.2, 0.25) is 0 Å². The number of phenolic OH excluding ortho intramolecular Hbond substituents is 1. The minimum atomic E-state index is -0.912. The lowest BCUT2D eigenvalue weighted by atomic mass is 9.76. The van der Waals surface area contributed by atoms with Crippen molar-refractivity contribution in [3.05, 3.63) is 53.1 Å². The zero-order valence-electron chi connectivity index (χ0n) is 23.1. The minimum absolute atomic E-state index is 0.0766. The number of carbonyl (C=O) groups is 3. The van der Waals surface area contributed by atoms with E-state index in [2.05, 4.69) is 26.1 Å². The third-order valence-electron chi connectivity index (χ3n) is 7.85. The van der Waals surface area contributed by atoms with Gasteiger partial charge in [0.05, 0.1) is 0 Å². The molecule has 2 aromatic carbocycles. The number of hydrogen-bond acceptors (Lipinski definition) is 6. The second-order valence-corrected chi connectivity index (χ2v) is 13.0. The van der Waals surface area contributed by atoms with Crippen LogP contribution in [-0.2, 0) is 31.0 Å². The lowest BCUT2D eigenvalue weighted by molar-refractivity contribution is -0.177. The van der Waals surface area contributed by atoms with Crippen molar-refractivity contribution in [3.8, 4) is 5.75 Å². The first kappa shape index (κ1) is 28.2. The highest BCUT2D eigenvalue weighted by Crippen LogP contribution is 2.47. The summed E-state index contributed by atoms with van der Waals surface area (Å²) in [6, 6.07) is 11.0. The zero-order valence-corrected chi connectivity index (χ0v) is 23.9. The van der Waals surface area contributed by atoms with Crippen molar-refractivity contribution in [1.29, 1.82) is 0 Å². The number of thioether (sulfide) groups is 1. The molecule has 2 atom stereocenters. The Balaban J connectivity index is 1.59. The third-order valence-corrected chi connectivity index (χ3v) is 9.13. The summed E-state index contributed by atoms with van der Waals surface area (Å²) in [5.74, 6) is -0.272. The molecule has 0 radical (unpaired) electrons. The predicted octanol–water partition coefficient (Wildman–Crippen LogP) is 6.50. The lowest BCUT2D eigenvalue weighted by Gasteiger charge is -2.43. The molecule has 7 heteroatoms. The minimum Gasteiger partial charge on any atom is -0.508 e.